The van der Waals surface area contributed by atoms with Gasteiger partial charge >= 0.3 is 0 Å². The van der Waals surface area contributed by atoms with Crippen molar-refractivity contribution in [2.45, 2.75) is 20.0 Å². The molecule has 0 unspecified atom stereocenters. The number of hydrogen-bond donors (Lipinski definition) is 1. The van der Waals surface area contributed by atoms with Crippen LogP contribution in [0.25, 0.3) is 0 Å². The second-order valence-corrected chi connectivity index (χ2v) is 7.84. The first kappa shape index (κ1) is 24.4. The fraction of sp³-hybridized carbons (Fsp3) is 0.200. The predicted molar refractivity (Wildman–Crippen MR) is 131 cm³/mol. The molecule has 1 amide bonds. The first-order valence-corrected chi connectivity index (χ1v) is 11.0. The number of ether oxygens (including phenoxy) is 3. The van der Waals surface area contributed by atoms with Crippen molar-refractivity contribution in [1.82, 2.24) is 5.43 Å². The predicted octanol–water partition coefficient (Wildman–Crippen LogP) is 5.67. The van der Waals surface area contributed by atoms with Crippen molar-refractivity contribution in [2.24, 2.45) is 5.10 Å². The van der Waals surface area contributed by atoms with E-state index >= 15 is 0 Å². The highest BCUT2D eigenvalue weighted by molar-refractivity contribution is 6.32. The zero-order valence-electron chi connectivity index (χ0n) is 18.3. The van der Waals surface area contributed by atoms with Crippen LogP contribution >= 0.6 is 23.2 Å². The summed E-state index contributed by atoms with van der Waals surface area (Å²) in [4.78, 5) is 12.2. The number of amides is 1. The molecule has 6 nitrogen and oxygen atoms in total. The zero-order valence-corrected chi connectivity index (χ0v) is 19.8. The molecule has 0 aromatic heterocycles. The van der Waals surface area contributed by atoms with Crippen LogP contribution in [-0.2, 0) is 17.8 Å². The lowest BCUT2D eigenvalue weighted by Crippen LogP contribution is -2.19. The first-order valence-electron chi connectivity index (χ1n) is 10.3. The maximum Gasteiger partial charge on any atom is 0.244 e. The number of rotatable bonds is 10. The molecule has 8 heteroatoms. The molecular formula is C25H24Cl2N2O4. The van der Waals surface area contributed by atoms with Gasteiger partial charge in [0.2, 0.25) is 5.91 Å². The summed E-state index contributed by atoms with van der Waals surface area (Å²) in [5, 5.41) is 5.00. The Morgan fingerprint density at radius 1 is 1.03 bits per heavy atom. The summed E-state index contributed by atoms with van der Waals surface area (Å²) in [6.07, 6.45) is 1.69. The number of benzene rings is 3. The van der Waals surface area contributed by atoms with E-state index in [2.05, 4.69) is 10.5 Å². The van der Waals surface area contributed by atoms with Gasteiger partial charge < -0.3 is 14.2 Å². The second-order valence-electron chi connectivity index (χ2n) is 7.00. The minimum absolute atomic E-state index is 0.199. The van der Waals surface area contributed by atoms with Gasteiger partial charge in [0.1, 0.15) is 12.4 Å². The van der Waals surface area contributed by atoms with Gasteiger partial charge in [-0.3, -0.25) is 4.79 Å². The Balaban J connectivity index is 1.59. The molecule has 0 bridgehead atoms. The number of carbonyl (C=O) groups excluding carboxylic acids is 1. The van der Waals surface area contributed by atoms with Gasteiger partial charge in [-0.05, 0) is 60.0 Å². The molecule has 0 aliphatic rings. The minimum Gasteiger partial charge on any atom is -0.494 e. The monoisotopic (exact) mass is 486 g/mol. The van der Waals surface area contributed by atoms with E-state index in [1.54, 1.807) is 18.2 Å². The molecule has 0 saturated carbocycles. The number of nitrogens with one attached hydrogen (secondary N) is 1. The topological polar surface area (TPSA) is 69.2 Å². The van der Waals surface area contributed by atoms with E-state index in [4.69, 9.17) is 37.4 Å². The van der Waals surface area contributed by atoms with Gasteiger partial charge in [0.25, 0.3) is 0 Å². The average molecular weight is 487 g/mol. The maximum atomic E-state index is 12.2. The molecule has 0 spiro atoms. The average Bonchev–Trinajstić information content (AvgIpc) is 2.79. The van der Waals surface area contributed by atoms with Crippen LogP contribution in [-0.4, -0.2) is 25.8 Å². The standard InChI is InChI=1S/C25H24Cl2N2O4/c1-3-32-21-9-7-17(8-10-21)14-24(30)29-28-15-19-12-22(27)25(23(13-19)31-2)33-16-18-5-4-6-20(26)11-18/h4-13,15H,3,14,16H2,1-2H3,(H,29,30)/b28-15-. The summed E-state index contributed by atoms with van der Waals surface area (Å²) >= 11 is 12.4. The fourth-order valence-corrected chi connectivity index (χ4v) is 3.50. The molecular weight excluding hydrogens is 463 g/mol. The van der Waals surface area contributed by atoms with Gasteiger partial charge in [0.15, 0.2) is 11.5 Å². The molecule has 0 aliphatic heterocycles. The van der Waals surface area contributed by atoms with E-state index < -0.39 is 0 Å². The number of hydrazone groups is 1. The Morgan fingerprint density at radius 3 is 2.52 bits per heavy atom. The lowest BCUT2D eigenvalue weighted by molar-refractivity contribution is -0.120. The van der Waals surface area contributed by atoms with Crippen LogP contribution in [0, 0.1) is 0 Å². The molecule has 0 fully saturated rings. The first-order chi connectivity index (χ1) is 16.0. The third-order valence-electron chi connectivity index (χ3n) is 4.53. The number of carbonyl (C=O) groups is 1. The minimum atomic E-state index is -0.241. The summed E-state index contributed by atoms with van der Waals surface area (Å²) in [5.74, 6) is 1.39. The van der Waals surface area contributed by atoms with Crippen LogP contribution in [0.1, 0.15) is 23.6 Å². The van der Waals surface area contributed by atoms with Crippen molar-refractivity contribution in [3.8, 4) is 17.2 Å². The van der Waals surface area contributed by atoms with Crippen molar-refractivity contribution in [2.75, 3.05) is 13.7 Å². The normalized spacial score (nSPS) is 10.8. The van der Waals surface area contributed by atoms with Crippen molar-refractivity contribution in [3.63, 3.8) is 0 Å². The van der Waals surface area contributed by atoms with Gasteiger partial charge in [-0.1, -0.05) is 47.5 Å². The van der Waals surface area contributed by atoms with E-state index in [0.717, 1.165) is 16.9 Å². The third-order valence-corrected chi connectivity index (χ3v) is 5.04. The molecule has 3 rings (SSSR count). The van der Waals surface area contributed by atoms with Crippen LogP contribution in [0.4, 0.5) is 0 Å². The second kappa shape index (κ2) is 12.1. The van der Waals surface area contributed by atoms with Crippen LogP contribution in [0.3, 0.4) is 0 Å². The van der Waals surface area contributed by atoms with Gasteiger partial charge in [-0.25, -0.2) is 5.43 Å². The Bertz CT molecular complexity index is 1120. The molecule has 3 aromatic rings. The van der Waals surface area contributed by atoms with E-state index in [9.17, 15) is 4.79 Å². The SMILES string of the molecule is CCOc1ccc(CC(=O)N/N=C\c2cc(Cl)c(OCc3cccc(Cl)c3)c(OC)c2)cc1. The Labute approximate surface area is 203 Å². The van der Waals surface area contributed by atoms with E-state index in [1.165, 1.54) is 13.3 Å². The summed E-state index contributed by atoms with van der Waals surface area (Å²) in [5.41, 5.74) is 4.92. The van der Waals surface area contributed by atoms with Gasteiger partial charge in [0, 0.05) is 5.02 Å². The Morgan fingerprint density at radius 2 is 1.82 bits per heavy atom. The Kier molecular flexibility index (Phi) is 8.98. The molecule has 0 radical (unpaired) electrons. The number of hydrogen-bond acceptors (Lipinski definition) is 5. The third kappa shape index (κ3) is 7.41. The molecule has 1 N–H and O–H groups in total. The molecule has 0 heterocycles. The highest BCUT2D eigenvalue weighted by atomic mass is 35.5. The van der Waals surface area contributed by atoms with E-state index in [0.29, 0.717) is 33.7 Å². The van der Waals surface area contributed by atoms with Crippen LogP contribution in [0.2, 0.25) is 10.0 Å². The molecule has 0 saturated heterocycles. The highest BCUT2D eigenvalue weighted by Crippen LogP contribution is 2.36. The van der Waals surface area contributed by atoms with Crippen molar-refractivity contribution < 1.29 is 19.0 Å². The van der Waals surface area contributed by atoms with Crippen LogP contribution in [0.15, 0.2) is 65.8 Å². The largest absolute Gasteiger partial charge is 0.494 e. The molecule has 0 atom stereocenters. The summed E-state index contributed by atoms with van der Waals surface area (Å²) < 4.78 is 16.7. The quantitative estimate of drug-likeness (QED) is 0.296. The van der Waals surface area contributed by atoms with E-state index in [-0.39, 0.29) is 18.9 Å². The van der Waals surface area contributed by atoms with Gasteiger partial charge in [-0.2, -0.15) is 5.10 Å². The van der Waals surface area contributed by atoms with Crippen LogP contribution < -0.4 is 19.6 Å². The highest BCUT2D eigenvalue weighted by Gasteiger charge is 2.12. The molecule has 3 aromatic carbocycles. The summed E-state index contributed by atoms with van der Waals surface area (Å²) in [7, 11) is 1.53. The van der Waals surface area contributed by atoms with Crippen molar-refractivity contribution in [1.29, 1.82) is 0 Å². The lowest BCUT2D eigenvalue weighted by atomic mass is 10.1. The van der Waals surface area contributed by atoms with Crippen LogP contribution in [0.5, 0.6) is 17.2 Å². The molecule has 33 heavy (non-hydrogen) atoms. The zero-order chi connectivity index (χ0) is 23.6. The lowest BCUT2D eigenvalue weighted by Gasteiger charge is -2.13. The van der Waals surface area contributed by atoms with Gasteiger partial charge in [-0.15, -0.1) is 0 Å². The van der Waals surface area contributed by atoms with Crippen molar-refractivity contribution >= 4 is 35.3 Å². The van der Waals surface area contributed by atoms with Crippen molar-refractivity contribution in [3.05, 3.63) is 87.4 Å². The summed E-state index contributed by atoms with van der Waals surface area (Å²) in [6.45, 7) is 2.80. The van der Waals surface area contributed by atoms with E-state index in [1.807, 2.05) is 49.4 Å². The number of methoxy groups -OCH3 is 1. The number of halogens is 2. The molecule has 172 valence electrons. The fourth-order valence-electron chi connectivity index (χ4n) is 3.01. The molecule has 0 aliphatic carbocycles. The maximum absolute atomic E-state index is 12.2. The Hall–Kier alpha value is -3.22. The smallest absolute Gasteiger partial charge is 0.244 e. The summed E-state index contributed by atoms with van der Waals surface area (Å²) in [6, 6.07) is 18.1. The van der Waals surface area contributed by atoms with Gasteiger partial charge in [0.05, 0.1) is 31.4 Å². The number of nitrogens with zero attached hydrogens (tertiary/aromatic N) is 1.